The van der Waals surface area contributed by atoms with Crippen LogP contribution in [0.1, 0.15) is 12.8 Å². The second-order valence-electron chi connectivity index (χ2n) is 8.04. The lowest BCUT2D eigenvalue weighted by Gasteiger charge is -2.35. The highest BCUT2D eigenvalue weighted by Crippen LogP contribution is 2.35. The Morgan fingerprint density at radius 1 is 1.15 bits per heavy atom. The fourth-order valence-electron chi connectivity index (χ4n) is 3.93. The Morgan fingerprint density at radius 3 is 2.61 bits per heavy atom. The van der Waals surface area contributed by atoms with Crippen LogP contribution in [-0.2, 0) is 10.0 Å². The largest absolute Gasteiger partial charge is 0.486 e. The monoisotopic (exact) mass is 628 g/mol. The number of rotatable bonds is 6. The molecule has 0 saturated carbocycles. The van der Waals surface area contributed by atoms with Crippen molar-refractivity contribution in [2.75, 3.05) is 32.8 Å². The summed E-state index contributed by atoms with van der Waals surface area (Å²) < 4.78 is 67.1. The number of hydrogen-bond acceptors (Lipinski definition) is 5. The van der Waals surface area contributed by atoms with Crippen LogP contribution in [0.5, 0.6) is 11.5 Å². The second-order valence-corrected chi connectivity index (χ2v) is 11.8. The van der Waals surface area contributed by atoms with Gasteiger partial charge in [-0.05, 0) is 81.9 Å². The number of sulfonamides is 1. The molecule has 1 saturated heterocycles. The van der Waals surface area contributed by atoms with E-state index in [1.165, 1.54) is 0 Å². The molecule has 12 heteroatoms. The van der Waals surface area contributed by atoms with Crippen molar-refractivity contribution in [1.82, 2.24) is 9.62 Å². The van der Waals surface area contributed by atoms with E-state index < -0.39 is 31.0 Å². The van der Waals surface area contributed by atoms with Crippen LogP contribution in [0.15, 0.2) is 38.1 Å². The van der Waals surface area contributed by atoms with Gasteiger partial charge < -0.3 is 9.47 Å². The van der Waals surface area contributed by atoms with Gasteiger partial charge in [0.1, 0.15) is 23.4 Å². The molecule has 0 bridgehead atoms. The zero-order chi connectivity index (χ0) is 23.8. The molecule has 33 heavy (non-hydrogen) atoms. The lowest BCUT2D eigenvalue weighted by atomic mass is 9.97. The van der Waals surface area contributed by atoms with Gasteiger partial charge in [0, 0.05) is 24.2 Å². The van der Waals surface area contributed by atoms with Crippen molar-refractivity contribution in [3.8, 4) is 11.5 Å². The van der Waals surface area contributed by atoms with Gasteiger partial charge in [0.15, 0.2) is 17.3 Å². The molecule has 1 fully saturated rings. The van der Waals surface area contributed by atoms with E-state index >= 15 is 0 Å². The predicted octanol–water partition coefficient (Wildman–Crippen LogP) is 4.97. The normalized spacial score (nSPS) is 19.6. The SMILES string of the molecule is O=S(=O)(NCC1CCN(C[C@H]2COc3ccc(Cl)cc3O2)CC1)c1c(F)c(Br)cc(F)c1Br. The number of nitrogens with zero attached hydrogens (tertiary/aromatic N) is 1. The van der Waals surface area contributed by atoms with E-state index in [0.717, 1.165) is 32.0 Å². The lowest BCUT2D eigenvalue weighted by molar-refractivity contribution is 0.0481. The van der Waals surface area contributed by atoms with Crippen LogP contribution in [0.4, 0.5) is 8.78 Å². The number of piperidine rings is 1. The number of nitrogens with one attached hydrogen (secondary N) is 1. The minimum atomic E-state index is -4.24. The molecule has 2 aromatic carbocycles. The highest BCUT2D eigenvalue weighted by atomic mass is 79.9. The molecule has 2 aromatic rings. The molecule has 6 nitrogen and oxygen atoms in total. The Kier molecular flexibility index (Phi) is 7.86. The van der Waals surface area contributed by atoms with Crippen LogP contribution in [-0.4, -0.2) is 52.2 Å². The van der Waals surface area contributed by atoms with Gasteiger partial charge >= 0.3 is 0 Å². The zero-order valence-electron chi connectivity index (χ0n) is 17.3. The summed E-state index contributed by atoms with van der Waals surface area (Å²) in [6.07, 6.45) is 1.39. The van der Waals surface area contributed by atoms with Gasteiger partial charge in [-0.25, -0.2) is 21.9 Å². The Labute approximate surface area is 212 Å². The molecule has 1 atom stereocenters. The third kappa shape index (κ3) is 5.82. The summed E-state index contributed by atoms with van der Waals surface area (Å²) in [5.74, 6) is -0.516. The highest BCUT2D eigenvalue weighted by Gasteiger charge is 2.30. The second kappa shape index (κ2) is 10.3. The van der Waals surface area contributed by atoms with Crippen LogP contribution in [0, 0.1) is 17.6 Å². The summed E-state index contributed by atoms with van der Waals surface area (Å²) in [4.78, 5) is 1.51. The minimum Gasteiger partial charge on any atom is -0.486 e. The Morgan fingerprint density at radius 2 is 1.88 bits per heavy atom. The number of benzene rings is 2. The topological polar surface area (TPSA) is 67.9 Å². The Hall–Kier alpha value is -0.980. The van der Waals surface area contributed by atoms with Crippen LogP contribution < -0.4 is 14.2 Å². The maximum Gasteiger partial charge on any atom is 0.244 e. The van der Waals surface area contributed by atoms with E-state index in [1.54, 1.807) is 18.2 Å². The molecule has 0 aliphatic carbocycles. The fourth-order valence-corrected chi connectivity index (χ4v) is 6.83. The highest BCUT2D eigenvalue weighted by molar-refractivity contribution is 9.11. The predicted molar refractivity (Wildman–Crippen MR) is 127 cm³/mol. The van der Waals surface area contributed by atoms with Gasteiger partial charge in [0.25, 0.3) is 0 Å². The van der Waals surface area contributed by atoms with Crippen molar-refractivity contribution < 1.29 is 26.7 Å². The molecule has 180 valence electrons. The van der Waals surface area contributed by atoms with Crippen molar-refractivity contribution in [3.05, 3.63) is 49.9 Å². The fraction of sp³-hybridized carbons (Fsp3) is 0.429. The van der Waals surface area contributed by atoms with E-state index in [0.29, 0.717) is 29.7 Å². The summed E-state index contributed by atoms with van der Waals surface area (Å²) in [5.41, 5.74) is 0. The van der Waals surface area contributed by atoms with Crippen LogP contribution >= 0.6 is 43.5 Å². The molecule has 0 amide bonds. The third-order valence-corrected chi connectivity index (χ3v) is 9.01. The van der Waals surface area contributed by atoms with E-state index in [4.69, 9.17) is 21.1 Å². The number of fused-ring (bicyclic) bond motifs is 1. The van der Waals surface area contributed by atoms with Crippen molar-refractivity contribution in [3.63, 3.8) is 0 Å². The molecule has 2 aliphatic heterocycles. The Bertz CT molecular complexity index is 1120. The minimum absolute atomic E-state index is 0.0814. The number of hydrogen-bond donors (Lipinski definition) is 1. The van der Waals surface area contributed by atoms with Gasteiger partial charge in [0.2, 0.25) is 10.0 Å². The van der Waals surface area contributed by atoms with Crippen molar-refractivity contribution in [1.29, 1.82) is 0 Å². The molecule has 1 N–H and O–H groups in total. The zero-order valence-corrected chi connectivity index (χ0v) is 22.0. The van der Waals surface area contributed by atoms with E-state index in [1.807, 2.05) is 0 Å². The molecule has 2 heterocycles. The number of halogens is 5. The molecule has 0 unspecified atom stereocenters. The smallest absolute Gasteiger partial charge is 0.244 e. The quantitative estimate of drug-likeness (QED) is 0.457. The summed E-state index contributed by atoms with van der Waals surface area (Å²) in [5, 5.41) is 0.582. The first kappa shape index (κ1) is 25.1. The molecular formula is C21H21Br2ClF2N2O4S. The molecular weight excluding hydrogens is 610 g/mol. The number of likely N-dealkylation sites (tertiary alicyclic amines) is 1. The summed E-state index contributed by atoms with van der Waals surface area (Å²) in [6.45, 7) is 2.79. The standard InChI is InChI=1S/C21H21Br2ClF2N2O4S/c22-15-8-16(25)19(23)21(20(15)26)33(29,30)27-9-12-3-5-28(6-4-12)10-14-11-31-17-2-1-13(24)7-18(17)32-14/h1-2,7-8,12,14,27H,3-6,9-11H2/t14-/m0/s1. The molecule has 0 aromatic heterocycles. The average Bonchev–Trinajstić information content (AvgIpc) is 2.77. The Balaban J connectivity index is 1.29. The molecule has 2 aliphatic rings. The maximum atomic E-state index is 14.4. The van der Waals surface area contributed by atoms with Gasteiger partial charge in [-0.15, -0.1) is 0 Å². The van der Waals surface area contributed by atoms with E-state index in [-0.39, 0.29) is 23.0 Å². The molecule has 0 spiro atoms. The summed E-state index contributed by atoms with van der Waals surface area (Å²) in [7, 11) is -4.24. The van der Waals surface area contributed by atoms with Crippen LogP contribution in [0.25, 0.3) is 0 Å². The first-order valence-corrected chi connectivity index (χ1v) is 13.7. The van der Waals surface area contributed by atoms with Gasteiger partial charge in [-0.2, -0.15) is 0 Å². The van der Waals surface area contributed by atoms with Crippen molar-refractivity contribution in [2.45, 2.75) is 23.8 Å². The molecule has 0 radical (unpaired) electrons. The van der Waals surface area contributed by atoms with Gasteiger partial charge in [-0.1, -0.05) is 11.6 Å². The van der Waals surface area contributed by atoms with Gasteiger partial charge in [0.05, 0.1) is 8.95 Å². The van der Waals surface area contributed by atoms with Gasteiger partial charge in [-0.3, -0.25) is 4.90 Å². The average molecular weight is 631 g/mol. The van der Waals surface area contributed by atoms with E-state index in [2.05, 4.69) is 41.5 Å². The van der Waals surface area contributed by atoms with Crippen molar-refractivity contribution >= 4 is 53.5 Å². The maximum absolute atomic E-state index is 14.4. The third-order valence-electron chi connectivity index (χ3n) is 5.70. The lowest BCUT2D eigenvalue weighted by Crippen LogP contribution is -2.45. The van der Waals surface area contributed by atoms with Crippen molar-refractivity contribution in [2.24, 2.45) is 5.92 Å². The first-order chi connectivity index (χ1) is 15.6. The van der Waals surface area contributed by atoms with E-state index in [9.17, 15) is 17.2 Å². The summed E-state index contributed by atoms with van der Waals surface area (Å²) in [6, 6.07) is 6.15. The number of ether oxygens (including phenoxy) is 2. The first-order valence-electron chi connectivity index (χ1n) is 10.3. The summed E-state index contributed by atoms with van der Waals surface area (Å²) >= 11 is 11.7. The molecule has 4 rings (SSSR count). The van der Waals surface area contributed by atoms with Crippen LogP contribution in [0.3, 0.4) is 0 Å². The van der Waals surface area contributed by atoms with Crippen LogP contribution in [0.2, 0.25) is 5.02 Å².